The summed E-state index contributed by atoms with van der Waals surface area (Å²) in [6, 6.07) is 8.99. The van der Waals surface area contributed by atoms with E-state index >= 15 is 0 Å². The third-order valence-corrected chi connectivity index (χ3v) is 4.00. The zero-order valence-corrected chi connectivity index (χ0v) is 14.9. The molecule has 1 N–H and O–H groups in total. The lowest BCUT2D eigenvalue weighted by Crippen LogP contribution is -2.27. The molecule has 2 aromatic rings. The number of carbonyl (C=O) groups excluding carboxylic acids is 2. The van der Waals surface area contributed by atoms with Crippen LogP contribution in [0.5, 0.6) is 0 Å². The van der Waals surface area contributed by atoms with Gasteiger partial charge in [0, 0.05) is 42.5 Å². The van der Waals surface area contributed by atoms with Gasteiger partial charge in [-0.1, -0.05) is 12.1 Å². The molecule has 0 saturated heterocycles. The first-order chi connectivity index (χ1) is 12.3. The fourth-order valence-electron chi connectivity index (χ4n) is 2.54. The zero-order chi connectivity index (χ0) is 19.3. The van der Waals surface area contributed by atoms with Crippen LogP contribution in [0.3, 0.4) is 0 Å². The van der Waals surface area contributed by atoms with Gasteiger partial charge in [-0.3, -0.25) is 19.7 Å². The number of nitrogens with one attached hydrogen (secondary N) is 1. The molecule has 7 nitrogen and oxygen atoms in total. The Morgan fingerprint density at radius 3 is 2.42 bits per heavy atom. The van der Waals surface area contributed by atoms with Crippen molar-refractivity contribution >= 4 is 17.4 Å². The summed E-state index contributed by atoms with van der Waals surface area (Å²) in [7, 11) is 1.54. The fourth-order valence-corrected chi connectivity index (χ4v) is 2.54. The number of carbonyl (C=O) groups is 2. The van der Waals surface area contributed by atoms with Gasteiger partial charge >= 0.3 is 0 Å². The molecular weight excluding hydrogens is 336 g/mol. The maximum Gasteiger partial charge on any atom is 0.269 e. The van der Waals surface area contributed by atoms with E-state index in [2.05, 4.69) is 5.32 Å². The molecule has 136 valence electrons. The van der Waals surface area contributed by atoms with E-state index in [-0.39, 0.29) is 17.4 Å². The van der Waals surface area contributed by atoms with Gasteiger partial charge in [0.05, 0.1) is 11.5 Å². The molecule has 0 aliphatic rings. The van der Waals surface area contributed by atoms with Gasteiger partial charge in [0.2, 0.25) is 0 Å². The summed E-state index contributed by atoms with van der Waals surface area (Å²) in [5, 5.41) is 13.6. The van der Waals surface area contributed by atoms with Crippen LogP contribution in [0, 0.1) is 24.0 Å². The number of ketones is 1. The lowest BCUT2D eigenvalue weighted by molar-refractivity contribution is -0.384. The van der Waals surface area contributed by atoms with Crippen molar-refractivity contribution in [2.24, 2.45) is 0 Å². The first-order valence-corrected chi connectivity index (χ1v) is 8.02. The van der Waals surface area contributed by atoms with Gasteiger partial charge in [-0.05, 0) is 37.1 Å². The van der Waals surface area contributed by atoms with Gasteiger partial charge in [-0.25, -0.2) is 0 Å². The summed E-state index contributed by atoms with van der Waals surface area (Å²) in [6.45, 7) is 4.20. The Labute approximate surface area is 151 Å². The molecule has 0 aromatic heterocycles. The Morgan fingerprint density at radius 1 is 1.08 bits per heavy atom. The Kier molecular flexibility index (Phi) is 6.19. The Morgan fingerprint density at radius 2 is 1.81 bits per heavy atom. The molecule has 0 spiro atoms. The second-order valence-corrected chi connectivity index (χ2v) is 5.86. The second kappa shape index (κ2) is 8.35. The van der Waals surface area contributed by atoms with Crippen molar-refractivity contribution in [2.45, 2.75) is 13.8 Å². The first-order valence-electron chi connectivity index (χ1n) is 8.02. The number of nitro benzene ring substituents is 1. The van der Waals surface area contributed by atoms with E-state index < -0.39 is 4.92 Å². The Hall–Kier alpha value is -3.06. The highest BCUT2D eigenvalue weighted by atomic mass is 16.6. The summed E-state index contributed by atoms with van der Waals surface area (Å²) in [5.41, 5.74) is 2.31. The van der Waals surface area contributed by atoms with Gasteiger partial charge in [0.1, 0.15) is 0 Å². The minimum atomic E-state index is -0.504. The van der Waals surface area contributed by atoms with E-state index in [1.54, 1.807) is 39.2 Å². The largest absolute Gasteiger partial charge is 0.383 e. The average molecular weight is 356 g/mol. The summed E-state index contributed by atoms with van der Waals surface area (Å²) in [5.74, 6) is -0.571. The number of hydrogen-bond acceptors (Lipinski definition) is 5. The second-order valence-electron chi connectivity index (χ2n) is 5.86. The van der Waals surface area contributed by atoms with E-state index in [4.69, 9.17) is 4.74 Å². The first kappa shape index (κ1) is 19.3. The van der Waals surface area contributed by atoms with Gasteiger partial charge in [0.15, 0.2) is 5.78 Å². The van der Waals surface area contributed by atoms with Crippen molar-refractivity contribution in [3.05, 3.63) is 74.3 Å². The number of nitrogens with zero attached hydrogens (tertiary/aromatic N) is 1. The molecule has 26 heavy (non-hydrogen) atoms. The molecule has 2 rings (SSSR count). The third kappa shape index (κ3) is 4.31. The molecule has 0 atom stereocenters. The minimum absolute atomic E-state index is 0.0684. The van der Waals surface area contributed by atoms with Crippen LogP contribution in [0.25, 0.3) is 0 Å². The number of non-ortho nitro benzene ring substituents is 1. The molecule has 2 aromatic carbocycles. The quantitative estimate of drug-likeness (QED) is 0.356. The molecule has 0 unspecified atom stereocenters. The van der Waals surface area contributed by atoms with Crippen LogP contribution in [0.2, 0.25) is 0 Å². The summed E-state index contributed by atoms with van der Waals surface area (Å²) >= 11 is 0. The lowest BCUT2D eigenvalue weighted by Gasteiger charge is -2.10. The lowest BCUT2D eigenvalue weighted by atomic mass is 9.95. The van der Waals surface area contributed by atoms with Gasteiger partial charge < -0.3 is 10.1 Å². The number of rotatable bonds is 7. The van der Waals surface area contributed by atoms with Crippen molar-refractivity contribution in [1.82, 2.24) is 5.32 Å². The van der Waals surface area contributed by atoms with E-state index in [0.717, 1.165) is 5.56 Å². The van der Waals surface area contributed by atoms with Crippen molar-refractivity contribution < 1.29 is 19.2 Å². The number of hydrogen-bond donors (Lipinski definition) is 1. The monoisotopic (exact) mass is 356 g/mol. The SMILES string of the molecule is COCCNC(=O)c1cc(C(=O)c2ccc([N+](=O)[O-])cc2C)ccc1C. The molecule has 7 heteroatoms. The molecular formula is C19H20N2O5. The Balaban J connectivity index is 2.31. The Bertz CT molecular complexity index is 861. The molecule has 1 amide bonds. The molecule has 0 aliphatic carbocycles. The number of ether oxygens (including phenoxy) is 1. The normalized spacial score (nSPS) is 10.4. The van der Waals surface area contributed by atoms with Crippen LogP contribution in [0.1, 0.15) is 37.4 Å². The standard InChI is InChI=1S/C19H20N2O5/c1-12-4-5-14(11-17(12)19(23)20-8-9-26-3)18(22)16-7-6-15(21(24)25)10-13(16)2/h4-7,10-11H,8-9H2,1-3H3,(H,20,23). The van der Waals surface area contributed by atoms with E-state index in [1.807, 2.05) is 0 Å². The highest BCUT2D eigenvalue weighted by Crippen LogP contribution is 2.21. The van der Waals surface area contributed by atoms with E-state index in [1.165, 1.54) is 18.2 Å². The summed E-state index contributed by atoms with van der Waals surface area (Å²) in [4.78, 5) is 35.4. The van der Waals surface area contributed by atoms with Gasteiger partial charge in [-0.15, -0.1) is 0 Å². The van der Waals surface area contributed by atoms with Gasteiger partial charge in [0.25, 0.3) is 11.6 Å². The van der Waals surface area contributed by atoms with Crippen molar-refractivity contribution in [2.75, 3.05) is 20.3 Å². The van der Waals surface area contributed by atoms with Crippen molar-refractivity contribution in [3.8, 4) is 0 Å². The number of amides is 1. The third-order valence-electron chi connectivity index (χ3n) is 4.00. The topological polar surface area (TPSA) is 98.5 Å². The average Bonchev–Trinajstić information content (AvgIpc) is 2.61. The van der Waals surface area contributed by atoms with Crippen LogP contribution < -0.4 is 5.32 Å². The van der Waals surface area contributed by atoms with E-state index in [9.17, 15) is 19.7 Å². The highest BCUT2D eigenvalue weighted by molar-refractivity contribution is 6.11. The smallest absolute Gasteiger partial charge is 0.269 e. The maximum atomic E-state index is 12.8. The highest BCUT2D eigenvalue weighted by Gasteiger charge is 2.17. The number of methoxy groups -OCH3 is 1. The summed E-state index contributed by atoms with van der Waals surface area (Å²) in [6.07, 6.45) is 0. The molecule has 0 bridgehead atoms. The minimum Gasteiger partial charge on any atom is -0.383 e. The van der Waals surface area contributed by atoms with Crippen LogP contribution in [-0.2, 0) is 4.74 Å². The van der Waals surface area contributed by atoms with Crippen molar-refractivity contribution in [1.29, 1.82) is 0 Å². The molecule has 0 fully saturated rings. The molecule has 0 heterocycles. The van der Waals surface area contributed by atoms with Crippen LogP contribution in [0.15, 0.2) is 36.4 Å². The molecule has 0 aliphatic heterocycles. The van der Waals surface area contributed by atoms with Crippen LogP contribution >= 0.6 is 0 Å². The fraction of sp³-hybridized carbons (Fsp3) is 0.263. The number of benzene rings is 2. The van der Waals surface area contributed by atoms with Crippen LogP contribution in [-0.4, -0.2) is 36.9 Å². The van der Waals surface area contributed by atoms with Crippen molar-refractivity contribution in [3.63, 3.8) is 0 Å². The number of nitro groups is 1. The van der Waals surface area contributed by atoms with Crippen LogP contribution in [0.4, 0.5) is 5.69 Å². The molecule has 0 radical (unpaired) electrons. The zero-order valence-electron chi connectivity index (χ0n) is 14.9. The summed E-state index contributed by atoms with van der Waals surface area (Å²) < 4.78 is 4.90. The van der Waals surface area contributed by atoms with E-state index in [0.29, 0.717) is 35.4 Å². The van der Waals surface area contributed by atoms with Gasteiger partial charge in [-0.2, -0.15) is 0 Å². The number of aryl methyl sites for hydroxylation is 2. The maximum absolute atomic E-state index is 12.8. The molecule has 0 saturated carbocycles. The predicted octanol–water partition coefficient (Wildman–Crippen LogP) is 2.82. The predicted molar refractivity (Wildman–Crippen MR) is 96.7 cm³/mol.